The lowest BCUT2D eigenvalue weighted by Gasteiger charge is -2.42. The molecule has 0 N–H and O–H groups in total. The molecule has 4 heteroatoms. The van der Waals surface area contributed by atoms with Crippen molar-refractivity contribution in [2.45, 2.75) is 33.1 Å². The normalized spacial score (nSPS) is 19.1. The summed E-state index contributed by atoms with van der Waals surface area (Å²) >= 11 is 1.62. The van der Waals surface area contributed by atoms with E-state index in [-0.39, 0.29) is 5.41 Å². The standard InChI is InChI=1S/C39H31N3S/c1-39(2)24-28(37(40-3)38-41-33-12-6-9-15-36(33)43-38)23-27-22-26(18-21-32(27)39)25-16-19-29(20-17-25)42-34-13-7-4-10-30(34)31-11-5-8-14-35(31)42/h4-17,19-20,22-23,32H,18,21,24H2,1-2H3. The summed E-state index contributed by atoms with van der Waals surface area (Å²) in [5.74, 6) is 0.485. The second-order valence-corrected chi connectivity index (χ2v) is 13.5. The van der Waals surface area contributed by atoms with Gasteiger partial charge in [-0.2, -0.15) is 0 Å². The topological polar surface area (TPSA) is 22.2 Å². The highest BCUT2D eigenvalue weighted by atomic mass is 32.1. The third kappa shape index (κ3) is 4.27. The number of allylic oxidation sites excluding steroid dienone is 5. The Kier molecular flexibility index (Phi) is 6.00. The van der Waals surface area contributed by atoms with Crippen LogP contribution < -0.4 is 0 Å². The lowest BCUT2D eigenvalue weighted by atomic mass is 9.62. The van der Waals surface area contributed by atoms with Gasteiger partial charge >= 0.3 is 0 Å². The second kappa shape index (κ2) is 9.93. The molecule has 0 radical (unpaired) electrons. The van der Waals surface area contributed by atoms with Gasteiger partial charge in [-0.25, -0.2) is 9.83 Å². The zero-order valence-corrected chi connectivity index (χ0v) is 25.2. The van der Waals surface area contributed by atoms with Crippen LogP contribution in [0.1, 0.15) is 43.7 Å². The van der Waals surface area contributed by atoms with Crippen LogP contribution in [0.3, 0.4) is 0 Å². The summed E-state index contributed by atoms with van der Waals surface area (Å²) < 4.78 is 3.50. The van der Waals surface area contributed by atoms with E-state index < -0.39 is 0 Å². The highest BCUT2D eigenvalue weighted by Crippen LogP contribution is 2.51. The molecule has 2 aliphatic rings. The minimum Gasteiger partial charge on any atom is -0.309 e. The van der Waals surface area contributed by atoms with Crippen molar-refractivity contribution in [2.24, 2.45) is 11.3 Å². The Morgan fingerprint density at radius 2 is 1.53 bits per heavy atom. The van der Waals surface area contributed by atoms with Crippen molar-refractivity contribution in [1.82, 2.24) is 9.55 Å². The molecule has 0 spiro atoms. The molecule has 2 heterocycles. The van der Waals surface area contributed by atoms with Crippen LogP contribution >= 0.6 is 11.3 Å². The molecule has 43 heavy (non-hydrogen) atoms. The Hall–Kier alpha value is -4.72. The maximum absolute atomic E-state index is 8.11. The van der Waals surface area contributed by atoms with E-state index >= 15 is 0 Å². The molecule has 2 aliphatic carbocycles. The summed E-state index contributed by atoms with van der Waals surface area (Å²) in [6.07, 6.45) is 7.80. The van der Waals surface area contributed by atoms with Gasteiger partial charge in [-0.15, -0.1) is 11.3 Å². The third-order valence-corrected chi connectivity index (χ3v) is 10.4. The zero-order chi connectivity index (χ0) is 29.1. The molecule has 0 amide bonds. The molecule has 6 aromatic rings. The Morgan fingerprint density at radius 1 is 0.860 bits per heavy atom. The maximum atomic E-state index is 8.11. The van der Waals surface area contributed by atoms with E-state index in [1.54, 1.807) is 11.3 Å². The Labute approximate surface area is 256 Å². The van der Waals surface area contributed by atoms with Crippen LogP contribution in [0.2, 0.25) is 0 Å². The second-order valence-electron chi connectivity index (χ2n) is 12.5. The van der Waals surface area contributed by atoms with Crippen LogP contribution in [0.4, 0.5) is 0 Å². The molecule has 0 saturated heterocycles. The SMILES string of the molecule is [C-]#[N+]C(=C1C=C2C=C(c3ccc(-n4c5ccccc5c5ccccc54)cc3)CCC2C(C)(C)C1)c1nc2ccccc2s1. The lowest BCUT2D eigenvalue weighted by Crippen LogP contribution is -2.31. The van der Waals surface area contributed by atoms with Crippen LogP contribution in [-0.4, -0.2) is 9.55 Å². The molecule has 0 saturated carbocycles. The van der Waals surface area contributed by atoms with Gasteiger partial charge in [-0.05, 0) is 89.3 Å². The molecule has 1 atom stereocenters. The van der Waals surface area contributed by atoms with Crippen LogP contribution in [0, 0.1) is 17.9 Å². The smallest absolute Gasteiger partial charge is 0.225 e. The minimum absolute atomic E-state index is 0.0778. The van der Waals surface area contributed by atoms with Crippen molar-refractivity contribution in [3.05, 3.63) is 142 Å². The molecule has 0 fully saturated rings. The number of benzene rings is 4. The van der Waals surface area contributed by atoms with E-state index in [4.69, 9.17) is 11.6 Å². The van der Waals surface area contributed by atoms with Gasteiger partial charge in [0.2, 0.25) is 5.70 Å². The van der Waals surface area contributed by atoms with Crippen molar-refractivity contribution in [2.75, 3.05) is 0 Å². The largest absolute Gasteiger partial charge is 0.309 e. The van der Waals surface area contributed by atoms with Gasteiger partial charge < -0.3 is 4.57 Å². The molecule has 3 nitrogen and oxygen atoms in total. The first-order chi connectivity index (χ1) is 21.0. The first kappa shape index (κ1) is 25.9. The van der Waals surface area contributed by atoms with Crippen molar-refractivity contribution in [3.8, 4) is 5.69 Å². The van der Waals surface area contributed by atoms with Gasteiger partial charge in [0.05, 0.1) is 27.8 Å². The summed E-state index contributed by atoms with van der Waals surface area (Å²) in [4.78, 5) is 8.89. The number of para-hydroxylation sites is 3. The number of fused-ring (bicyclic) bond motifs is 5. The van der Waals surface area contributed by atoms with Crippen LogP contribution in [0.25, 0.3) is 53.8 Å². The first-order valence-electron chi connectivity index (χ1n) is 15.0. The maximum Gasteiger partial charge on any atom is 0.225 e. The molecule has 2 aromatic heterocycles. The molecule has 0 bridgehead atoms. The monoisotopic (exact) mass is 573 g/mol. The van der Waals surface area contributed by atoms with Gasteiger partial charge in [0.15, 0.2) is 0 Å². The van der Waals surface area contributed by atoms with E-state index in [1.165, 1.54) is 44.2 Å². The highest BCUT2D eigenvalue weighted by molar-refractivity contribution is 7.19. The van der Waals surface area contributed by atoms with Crippen molar-refractivity contribution < 1.29 is 0 Å². The predicted molar refractivity (Wildman–Crippen MR) is 181 cm³/mol. The predicted octanol–water partition coefficient (Wildman–Crippen LogP) is 10.9. The zero-order valence-electron chi connectivity index (χ0n) is 24.3. The van der Waals surface area contributed by atoms with Gasteiger partial charge in [0.25, 0.3) is 0 Å². The summed E-state index contributed by atoms with van der Waals surface area (Å²) in [7, 11) is 0. The Balaban J connectivity index is 1.19. The van der Waals surface area contributed by atoms with Crippen LogP contribution in [0.15, 0.2) is 120 Å². The highest BCUT2D eigenvalue weighted by Gasteiger charge is 2.38. The fourth-order valence-electron chi connectivity index (χ4n) is 7.33. The fourth-order valence-corrected chi connectivity index (χ4v) is 8.32. The number of hydrogen-bond acceptors (Lipinski definition) is 2. The first-order valence-corrected chi connectivity index (χ1v) is 15.8. The summed E-state index contributed by atoms with van der Waals surface area (Å²) in [6.45, 7) is 12.8. The van der Waals surface area contributed by atoms with Crippen LogP contribution in [0.5, 0.6) is 0 Å². The molecule has 4 aromatic carbocycles. The van der Waals surface area contributed by atoms with Gasteiger partial charge in [-0.3, -0.25) is 0 Å². The summed E-state index contributed by atoms with van der Waals surface area (Å²) in [6, 6.07) is 34.6. The van der Waals surface area contributed by atoms with Crippen molar-refractivity contribution >= 4 is 54.6 Å². The summed E-state index contributed by atoms with van der Waals surface area (Å²) in [5.41, 5.74) is 10.5. The fraction of sp³-hybridized carbons (Fsp3) is 0.179. The molecular weight excluding hydrogens is 543 g/mol. The van der Waals surface area contributed by atoms with E-state index in [0.717, 1.165) is 40.1 Å². The molecule has 1 unspecified atom stereocenters. The minimum atomic E-state index is 0.0778. The molecule has 208 valence electrons. The number of nitrogens with zero attached hydrogens (tertiary/aromatic N) is 3. The van der Waals surface area contributed by atoms with Gasteiger partial charge in [-0.1, -0.05) is 86.7 Å². The number of hydrogen-bond donors (Lipinski definition) is 0. The van der Waals surface area contributed by atoms with Gasteiger partial charge in [0, 0.05) is 16.5 Å². The molecular formula is C39H31N3S. The molecule has 8 rings (SSSR count). The van der Waals surface area contributed by atoms with E-state index in [2.05, 4.69) is 114 Å². The van der Waals surface area contributed by atoms with Crippen molar-refractivity contribution in [1.29, 1.82) is 0 Å². The average molecular weight is 574 g/mol. The lowest BCUT2D eigenvalue weighted by molar-refractivity contribution is 0.228. The molecule has 0 aliphatic heterocycles. The number of aromatic nitrogens is 2. The van der Waals surface area contributed by atoms with Gasteiger partial charge in [0.1, 0.15) is 5.01 Å². The third-order valence-electron chi connectivity index (χ3n) is 9.36. The van der Waals surface area contributed by atoms with Crippen molar-refractivity contribution in [3.63, 3.8) is 0 Å². The van der Waals surface area contributed by atoms with E-state index in [1.807, 2.05) is 18.2 Å². The number of thiazole rings is 1. The van der Waals surface area contributed by atoms with Crippen LogP contribution in [-0.2, 0) is 0 Å². The van der Waals surface area contributed by atoms with E-state index in [9.17, 15) is 0 Å². The Bertz CT molecular complexity index is 2110. The Morgan fingerprint density at radius 3 is 2.23 bits per heavy atom. The average Bonchev–Trinajstić information content (AvgIpc) is 3.60. The summed E-state index contributed by atoms with van der Waals surface area (Å²) in [5, 5.41) is 3.39. The number of rotatable bonds is 3. The quantitative estimate of drug-likeness (QED) is 0.193. The van der Waals surface area contributed by atoms with E-state index in [0.29, 0.717) is 11.6 Å².